The summed E-state index contributed by atoms with van der Waals surface area (Å²) in [5.74, 6) is 2.48. The van der Waals surface area contributed by atoms with Crippen LogP contribution in [0.3, 0.4) is 0 Å². The fourth-order valence-corrected chi connectivity index (χ4v) is 3.63. The van der Waals surface area contributed by atoms with E-state index in [1.165, 1.54) is 0 Å². The van der Waals surface area contributed by atoms with Gasteiger partial charge >= 0.3 is 0 Å². The molecule has 2 aromatic rings. The number of sulfonamides is 1. The first-order chi connectivity index (χ1) is 9.99. The summed E-state index contributed by atoms with van der Waals surface area (Å²) in [4.78, 5) is 4.47. The van der Waals surface area contributed by atoms with Gasteiger partial charge in [0, 0.05) is 11.6 Å². The van der Waals surface area contributed by atoms with E-state index >= 15 is 0 Å². The second kappa shape index (κ2) is 6.25. The van der Waals surface area contributed by atoms with Gasteiger partial charge in [-0.1, -0.05) is 25.3 Å². The number of aromatic nitrogens is 1. The molecule has 0 radical (unpaired) electrons. The summed E-state index contributed by atoms with van der Waals surface area (Å²) < 4.78 is 27.7. The molecule has 0 saturated carbocycles. The van der Waals surface area contributed by atoms with Crippen LogP contribution < -0.4 is 4.72 Å². The molecule has 2 rings (SSSR count). The lowest BCUT2D eigenvalue weighted by molar-refractivity contribution is 0.565. The van der Waals surface area contributed by atoms with Crippen LogP contribution in [0.5, 0.6) is 0 Å². The number of rotatable bonds is 5. The van der Waals surface area contributed by atoms with Crippen LogP contribution in [0.1, 0.15) is 25.3 Å². The number of fused-ring (bicyclic) bond motifs is 1. The van der Waals surface area contributed by atoms with Crippen LogP contribution in [0.2, 0.25) is 0 Å². The number of nitrogens with one attached hydrogen (secondary N) is 1. The molecule has 110 valence electrons. The summed E-state index contributed by atoms with van der Waals surface area (Å²) in [5, 5.41) is 0.609. The van der Waals surface area contributed by atoms with Crippen LogP contribution in [0, 0.1) is 19.3 Å². The Morgan fingerprint density at radius 2 is 2.14 bits per heavy atom. The summed E-state index contributed by atoms with van der Waals surface area (Å²) in [7, 11) is -3.67. The van der Waals surface area contributed by atoms with Crippen molar-refractivity contribution in [3.8, 4) is 12.3 Å². The monoisotopic (exact) mass is 302 g/mol. The first kappa shape index (κ1) is 15.5. The average Bonchev–Trinajstić information content (AvgIpc) is 2.47. The Kier molecular flexibility index (Phi) is 4.61. The van der Waals surface area contributed by atoms with Gasteiger partial charge in [-0.05, 0) is 37.1 Å². The summed E-state index contributed by atoms with van der Waals surface area (Å²) >= 11 is 0. The molecule has 0 amide bonds. The maximum Gasteiger partial charge on any atom is 0.242 e. The fraction of sp³-hybridized carbons (Fsp3) is 0.312. The van der Waals surface area contributed by atoms with Gasteiger partial charge in [0.05, 0.1) is 16.5 Å². The zero-order valence-corrected chi connectivity index (χ0v) is 12.9. The molecule has 4 nitrogen and oxygen atoms in total. The van der Waals surface area contributed by atoms with Gasteiger partial charge in [0.2, 0.25) is 10.0 Å². The summed E-state index contributed by atoms with van der Waals surface area (Å²) in [6.45, 7) is 3.87. The predicted octanol–water partition coefficient (Wildman–Crippen LogP) is 2.62. The minimum Gasteiger partial charge on any atom is -0.256 e. The largest absolute Gasteiger partial charge is 0.256 e. The van der Waals surface area contributed by atoms with Gasteiger partial charge in [-0.15, -0.1) is 6.42 Å². The normalized spacial score (nSPS) is 13.0. The molecule has 0 spiro atoms. The molecule has 1 heterocycles. The molecule has 0 saturated heterocycles. The second-order valence-corrected chi connectivity index (χ2v) is 6.59. The first-order valence-corrected chi connectivity index (χ1v) is 8.30. The number of nitrogens with zero attached hydrogens (tertiary/aromatic N) is 1. The molecule has 1 atom stereocenters. The Balaban J connectivity index is 2.51. The van der Waals surface area contributed by atoms with Gasteiger partial charge in [0.1, 0.15) is 0 Å². The van der Waals surface area contributed by atoms with Crippen LogP contribution in [-0.2, 0) is 10.0 Å². The number of aryl methyl sites for hydroxylation is 1. The van der Waals surface area contributed by atoms with Crippen LogP contribution >= 0.6 is 0 Å². The Morgan fingerprint density at radius 1 is 1.38 bits per heavy atom. The van der Waals surface area contributed by atoms with E-state index in [4.69, 9.17) is 6.42 Å². The van der Waals surface area contributed by atoms with Crippen molar-refractivity contribution in [2.45, 2.75) is 37.6 Å². The molecule has 0 aliphatic heterocycles. The van der Waals surface area contributed by atoms with E-state index in [1.54, 1.807) is 30.5 Å². The molecule has 0 aliphatic carbocycles. The summed E-state index contributed by atoms with van der Waals surface area (Å²) in [6, 6.07) is 6.35. The van der Waals surface area contributed by atoms with E-state index in [2.05, 4.69) is 15.6 Å². The number of terminal acetylenes is 1. The van der Waals surface area contributed by atoms with Crippen molar-refractivity contribution in [1.29, 1.82) is 0 Å². The van der Waals surface area contributed by atoms with Gasteiger partial charge in [-0.2, -0.15) is 4.72 Å². The maximum absolute atomic E-state index is 12.6. The number of benzene rings is 1. The molecule has 1 aromatic heterocycles. The molecule has 0 bridgehead atoms. The SMILES string of the molecule is C#CC(CCC)NS(=O)(=O)c1ccc(C)c2ncccc12. The average molecular weight is 302 g/mol. The molecule has 1 N–H and O–H groups in total. The molecule has 0 aliphatic rings. The van der Waals surface area contributed by atoms with Gasteiger partial charge in [-0.25, -0.2) is 8.42 Å². The highest BCUT2D eigenvalue weighted by Gasteiger charge is 2.21. The molecule has 0 fully saturated rings. The third kappa shape index (κ3) is 3.23. The van der Waals surface area contributed by atoms with Crippen molar-refractivity contribution in [2.24, 2.45) is 0 Å². The first-order valence-electron chi connectivity index (χ1n) is 6.82. The van der Waals surface area contributed by atoms with E-state index in [9.17, 15) is 8.42 Å². The van der Waals surface area contributed by atoms with Crippen LogP contribution in [-0.4, -0.2) is 19.4 Å². The van der Waals surface area contributed by atoms with Crippen molar-refractivity contribution in [3.63, 3.8) is 0 Å². The Morgan fingerprint density at radius 3 is 2.81 bits per heavy atom. The third-order valence-corrected chi connectivity index (χ3v) is 4.83. The molecule has 1 aromatic carbocycles. The number of hydrogen-bond acceptors (Lipinski definition) is 3. The zero-order valence-electron chi connectivity index (χ0n) is 12.1. The van der Waals surface area contributed by atoms with Gasteiger partial charge in [0.25, 0.3) is 0 Å². The van der Waals surface area contributed by atoms with Gasteiger partial charge in [-0.3, -0.25) is 4.98 Å². The topological polar surface area (TPSA) is 59.1 Å². The van der Waals surface area contributed by atoms with Crippen LogP contribution in [0.4, 0.5) is 0 Å². The lowest BCUT2D eigenvalue weighted by atomic mass is 10.1. The fourth-order valence-electron chi connectivity index (χ4n) is 2.24. The minimum atomic E-state index is -3.67. The molecule has 5 heteroatoms. The Bertz CT molecular complexity index is 792. The molecular formula is C16H18N2O2S. The van der Waals surface area contributed by atoms with Crippen molar-refractivity contribution < 1.29 is 8.42 Å². The van der Waals surface area contributed by atoms with Crippen LogP contribution in [0.15, 0.2) is 35.4 Å². The molecule has 1 unspecified atom stereocenters. The highest BCUT2D eigenvalue weighted by molar-refractivity contribution is 7.89. The number of hydrogen-bond donors (Lipinski definition) is 1. The minimum absolute atomic E-state index is 0.215. The molecule has 21 heavy (non-hydrogen) atoms. The standard InChI is InChI=1S/C16H18N2O2S/c1-4-7-13(5-2)18-21(19,20)15-10-9-12(3)16-14(15)8-6-11-17-16/h2,6,8-11,13,18H,4,7H2,1,3H3. The smallest absolute Gasteiger partial charge is 0.242 e. The Labute approximate surface area is 125 Å². The predicted molar refractivity (Wildman–Crippen MR) is 84.3 cm³/mol. The van der Waals surface area contributed by atoms with E-state index in [0.29, 0.717) is 17.3 Å². The number of pyridine rings is 1. The van der Waals surface area contributed by atoms with Crippen molar-refractivity contribution >= 4 is 20.9 Å². The van der Waals surface area contributed by atoms with Crippen LogP contribution in [0.25, 0.3) is 10.9 Å². The van der Waals surface area contributed by atoms with Crippen molar-refractivity contribution in [2.75, 3.05) is 0 Å². The van der Waals surface area contributed by atoms with Crippen molar-refractivity contribution in [3.05, 3.63) is 36.0 Å². The van der Waals surface area contributed by atoms with Gasteiger partial charge < -0.3 is 0 Å². The summed E-state index contributed by atoms with van der Waals surface area (Å²) in [6.07, 6.45) is 8.47. The quantitative estimate of drug-likeness (QED) is 0.864. The maximum atomic E-state index is 12.6. The molecular weight excluding hydrogens is 284 g/mol. The van der Waals surface area contributed by atoms with Gasteiger partial charge in [0.15, 0.2) is 0 Å². The van der Waals surface area contributed by atoms with E-state index in [0.717, 1.165) is 12.0 Å². The van der Waals surface area contributed by atoms with E-state index in [1.807, 2.05) is 13.8 Å². The Hall–Kier alpha value is -1.90. The van der Waals surface area contributed by atoms with E-state index in [-0.39, 0.29) is 4.90 Å². The zero-order chi connectivity index (χ0) is 15.5. The highest BCUT2D eigenvalue weighted by atomic mass is 32.2. The highest BCUT2D eigenvalue weighted by Crippen LogP contribution is 2.24. The summed E-state index contributed by atoms with van der Waals surface area (Å²) in [5.41, 5.74) is 1.62. The third-order valence-electron chi connectivity index (χ3n) is 3.30. The van der Waals surface area contributed by atoms with E-state index < -0.39 is 16.1 Å². The van der Waals surface area contributed by atoms with Crippen molar-refractivity contribution in [1.82, 2.24) is 9.71 Å². The lowest BCUT2D eigenvalue weighted by Crippen LogP contribution is -2.33. The second-order valence-electron chi connectivity index (χ2n) is 4.91. The lowest BCUT2D eigenvalue weighted by Gasteiger charge is -2.14.